The Balaban J connectivity index is 2.11. The largest absolute Gasteiger partial charge is 0.475 e. The number of hydrogen-bond donors (Lipinski definition) is 1. The van der Waals surface area contributed by atoms with E-state index in [0.717, 1.165) is 19.4 Å². The number of rotatable bonds is 5. The lowest BCUT2D eigenvalue weighted by atomic mass is 10.1. The van der Waals surface area contributed by atoms with Crippen LogP contribution in [0, 0.1) is 0 Å². The van der Waals surface area contributed by atoms with Crippen molar-refractivity contribution in [1.82, 2.24) is 9.88 Å². The molecule has 1 aromatic heterocycles. The monoisotopic (exact) mass is 292 g/mol. The van der Waals surface area contributed by atoms with Crippen molar-refractivity contribution < 1.29 is 14.6 Å². The maximum Gasteiger partial charge on any atom is 0.272 e. The zero-order chi connectivity index (χ0) is 15.4. The summed E-state index contributed by atoms with van der Waals surface area (Å²) in [6.07, 6.45) is 2.17. The van der Waals surface area contributed by atoms with Crippen molar-refractivity contribution in [3.63, 3.8) is 0 Å². The second-order valence-corrected chi connectivity index (χ2v) is 5.91. The number of aromatic nitrogens is 1. The first-order valence-corrected chi connectivity index (χ1v) is 7.60. The molecule has 5 nitrogen and oxygen atoms in total. The summed E-state index contributed by atoms with van der Waals surface area (Å²) in [5.74, 6) is 0.398. The topological polar surface area (TPSA) is 62.7 Å². The normalized spacial score (nSPS) is 19.9. The minimum absolute atomic E-state index is 0.0256. The predicted octanol–water partition coefficient (Wildman–Crippen LogP) is 2.24. The van der Waals surface area contributed by atoms with Crippen LogP contribution in [0.15, 0.2) is 18.2 Å². The molecule has 2 atom stereocenters. The SMILES string of the molecule is CC(O)CC1CCCN1C(=O)c1cccc(OC(C)C)n1. The Morgan fingerprint density at radius 2 is 2.24 bits per heavy atom. The highest BCUT2D eigenvalue weighted by Gasteiger charge is 2.30. The standard InChI is InChI=1S/C16H24N2O3/c1-11(2)21-15-8-4-7-14(17-15)16(20)18-9-5-6-13(18)10-12(3)19/h4,7-8,11-13,19H,5-6,9-10H2,1-3H3. The van der Waals surface area contributed by atoms with Gasteiger partial charge in [0.05, 0.1) is 12.2 Å². The summed E-state index contributed by atoms with van der Waals surface area (Å²) in [7, 11) is 0. The van der Waals surface area contributed by atoms with Crippen LogP contribution in [0.3, 0.4) is 0 Å². The van der Waals surface area contributed by atoms with Gasteiger partial charge >= 0.3 is 0 Å². The molecule has 0 aliphatic carbocycles. The number of likely N-dealkylation sites (tertiary alicyclic amines) is 1. The fourth-order valence-electron chi connectivity index (χ4n) is 2.73. The molecule has 0 bridgehead atoms. The Labute approximate surface area is 125 Å². The Bertz CT molecular complexity index is 488. The van der Waals surface area contributed by atoms with Gasteiger partial charge in [-0.05, 0) is 46.1 Å². The van der Waals surface area contributed by atoms with Crippen LogP contribution in [-0.4, -0.2) is 45.7 Å². The third-order valence-electron chi connectivity index (χ3n) is 3.55. The van der Waals surface area contributed by atoms with Crippen LogP contribution in [0.5, 0.6) is 5.88 Å². The molecule has 1 N–H and O–H groups in total. The quantitative estimate of drug-likeness (QED) is 0.904. The lowest BCUT2D eigenvalue weighted by molar-refractivity contribution is 0.0674. The smallest absolute Gasteiger partial charge is 0.272 e. The molecule has 2 rings (SSSR count). The van der Waals surface area contributed by atoms with E-state index in [1.165, 1.54) is 0 Å². The van der Waals surface area contributed by atoms with E-state index >= 15 is 0 Å². The molecule has 1 amide bonds. The van der Waals surface area contributed by atoms with E-state index < -0.39 is 6.10 Å². The number of carbonyl (C=O) groups is 1. The first kappa shape index (κ1) is 15.8. The third-order valence-corrected chi connectivity index (χ3v) is 3.55. The Morgan fingerprint density at radius 1 is 1.48 bits per heavy atom. The van der Waals surface area contributed by atoms with Crippen molar-refractivity contribution in [3.05, 3.63) is 23.9 Å². The fraction of sp³-hybridized carbons (Fsp3) is 0.625. The lowest BCUT2D eigenvalue weighted by Gasteiger charge is -2.25. The summed E-state index contributed by atoms with van der Waals surface area (Å²) < 4.78 is 5.54. The van der Waals surface area contributed by atoms with Crippen LogP contribution in [-0.2, 0) is 0 Å². The summed E-state index contributed by atoms with van der Waals surface area (Å²) in [6, 6.07) is 5.37. The molecule has 1 aliphatic heterocycles. The molecule has 116 valence electrons. The van der Waals surface area contributed by atoms with Gasteiger partial charge in [-0.25, -0.2) is 4.98 Å². The minimum Gasteiger partial charge on any atom is -0.475 e. The molecule has 1 aliphatic rings. The van der Waals surface area contributed by atoms with E-state index in [0.29, 0.717) is 18.0 Å². The minimum atomic E-state index is -0.396. The number of aliphatic hydroxyl groups is 1. The predicted molar refractivity (Wildman–Crippen MR) is 80.4 cm³/mol. The zero-order valence-corrected chi connectivity index (χ0v) is 13.0. The summed E-state index contributed by atoms with van der Waals surface area (Å²) in [4.78, 5) is 18.7. The average Bonchev–Trinajstić information content (AvgIpc) is 2.84. The maximum absolute atomic E-state index is 12.6. The van der Waals surface area contributed by atoms with Gasteiger partial charge in [-0.15, -0.1) is 0 Å². The van der Waals surface area contributed by atoms with Gasteiger partial charge < -0.3 is 14.7 Å². The molecule has 21 heavy (non-hydrogen) atoms. The van der Waals surface area contributed by atoms with Crippen molar-refractivity contribution in [1.29, 1.82) is 0 Å². The van der Waals surface area contributed by atoms with E-state index in [1.807, 2.05) is 18.7 Å². The van der Waals surface area contributed by atoms with Gasteiger partial charge in [0.1, 0.15) is 5.69 Å². The van der Waals surface area contributed by atoms with Crippen LogP contribution in [0.25, 0.3) is 0 Å². The molecular weight excluding hydrogens is 268 g/mol. The molecule has 1 saturated heterocycles. The van der Waals surface area contributed by atoms with Crippen LogP contribution >= 0.6 is 0 Å². The fourth-order valence-corrected chi connectivity index (χ4v) is 2.73. The summed E-state index contributed by atoms with van der Waals surface area (Å²) >= 11 is 0. The van der Waals surface area contributed by atoms with E-state index in [2.05, 4.69) is 4.98 Å². The highest BCUT2D eigenvalue weighted by Crippen LogP contribution is 2.23. The van der Waals surface area contributed by atoms with E-state index in [-0.39, 0.29) is 18.1 Å². The van der Waals surface area contributed by atoms with Gasteiger partial charge in [-0.2, -0.15) is 0 Å². The van der Waals surface area contributed by atoms with Gasteiger partial charge in [0.15, 0.2) is 0 Å². The Hall–Kier alpha value is -1.62. The molecule has 1 fully saturated rings. The first-order chi connectivity index (χ1) is 9.97. The summed E-state index contributed by atoms with van der Waals surface area (Å²) in [6.45, 7) is 6.34. The summed E-state index contributed by atoms with van der Waals surface area (Å²) in [5, 5.41) is 9.55. The molecule has 0 spiro atoms. The van der Waals surface area contributed by atoms with Crippen LogP contribution in [0.2, 0.25) is 0 Å². The Kier molecular flexibility index (Phi) is 5.17. The number of amides is 1. The molecule has 5 heteroatoms. The van der Waals surface area contributed by atoms with Crippen molar-refractivity contribution in [2.45, 2.75) is 58.3 Å². The van der Waals surface area contributed by atoms with E-state index in [4.69, 9.17) is 4.74 Å². The van der Waals surface area contributed by atoms with Crippen molar-refractivity contribution in [2.75, 3.05) is 6.54 Å². The van der Waals surface area contributed by atoms with Gasteiger partial charge in [-0.3, -0.25) is 4.79 Å². The molecule has 0 aromatic carbocycles. The number of nitrogens with zero attached hydrogens (tertiary/aromatic N) is 2. The van der Waals surface area contributed by atoms with Gasteiger partial charge in [0, 0.05) is 18.7 Å². The molecule has 0 saturated carbocycles. The van der Waals surface area contributed by atoms with Gasteiger partial charge in [0.2, 0.25) is 5.88 Å². The number of pyridine rings is 1. The molecule has 2 heterocycles. The maximum atomic E-state index is 12.6. The van der Waals surface area contributed by atoms with E-state index in [9.17, 15) is 9.90 Å². The van der Waals surface area contributed by atoms with Gasteiger partial charge in [-0.1, -0.05) is 6.07 Å². The lowest BCUT2D eigenvalue weighted by Crippen LogP contribution is -2.37. The van der Waals surface area contributed by atoms with Crippen molar-refractivity contribution in [3.8, 4) is 5.88 Å². The molecule has 1 aromatic rings. The second-order valence-electron chi connectivity index (χ2n) is 5.91. The number of hydrogen-bond acceptors (Lipinski definition) is 4. The average molecular weight is 292 g/mol. The highest BCUT2D eigenvalue weighted by molar-refractivity contribution is 5.92. The molecule has 0 radical (unpaired) electrons. The number of aliphatic hydroxyl groups excluding tert-OH is 1. The van der Waals surface area contributed by atoms with Crippen LogP contribution in [0.1, 0.15) is 50.5 Å². The molecular formula is C16H24N2O3. The first-order valence-electron chi connectivity index (χ1n) is 7.60. The van der Waals surface area contributed by atoms with Crippen LogP contribution < -0.4 is 4.74 Å². The zero-order valence-electron chi connectivity index (χ0n) is 13.0. The van der Waals surface area contributed by atoms with Crippen molar-refractivity contribution in [2.24, 2.45) is 0 Å². The highest BCUT2D eigenvalue weighted by atomic mass is 16.5. The summed E-state index contributed by atoms with van der Waals surface area (Å²) in [5.41, 5.74) is 0.408. The van der Waals surface area contributed by atoms with Crippen LogP contribution in [0.4, 0.5) is 0 Å². The van der Waals surface area contributed by atoms with E-state index in [1.54, 1.807) is 25.1 Å². The number of carbonyl (C=O) groups excluding carboxylic acids is 1. The molecule has 2 unspecified atom stereocenters. The third kappa shape index (κ3) is 4.17. The second kappa shape index (κ2) is 6.89. The van der Waals surface area contributed by atoms with Crippen molar-refractivity contribution >= 4 is 5.91 Å². The Morgan fingerprint density at radius 3 is 2.90 bits per heavy atom. The number of ether oxygens (including phenoxy) is 1. The van der Waals surface area contributed by atoms with Gasteiger partial charge in [0.25, 0.3) is 5.91 Å².